The lowest BCUT2D eigenvalue weighted by Crippen LogP contribution is -2.46. The first-order valence-corrected chi connectivity index (χ1v) is 9.24. The first kappa shape index (κ1) is 16.4. The molecule has 118 valence electrons. The van der Waals surface area contributed by atoms with Crippen LogP contribution >= 0.6 is 0 Å². The molecule has 5 nitrogen and oxygen atoms in total. The number of hydrogen-bond acceptors (Lipinski definition) is 4. The fourth-order valence-electron chi connectivity index (χ4n) is 2.53. The Labute approximate surface area is 127 Å². The van der Waals surface area contributed by atoms with Gasteiger partial charge in [-0.1, -0.05) is 37.3 Å². The molecule has 1 aromatic rings. The van der Waals surface area contributed by atoms with Crippen molar-refractivity contribution in [2.75, 3.05) is 38.5 Å². The Morgan fingerprint density at radius 1 is 1.24 bits per heavy atom. The second-order valence-corrected chi connectivity index (χ2v) is 7.27. The predicted octanol–water partition coefficient (Wildman–Crippen LogP) is 0.962. The standard InChI is InChI=1S/C15H25N3O2S/c1-2-15(14-6-4-3-5-7-14)17-21(19,20)13-12-18-10-8-16-9-11-18/h3-7,15-17H,2,8-13H2,1H3. The molecule has 0 amide bonds. The summed E-state index contributed by atoms with van der Waals surface area (Å²) in [6.45, 7) is 6.32. The molecule has 0 aliphatic carbocycles. The van der Waals surface area contributed by atoms with Gasteiger partial charge < -0.3 is 5.32 Å². The second kappa shape index (κ2) is 7.89. The van der Waals surface area contributed by atoms with E-state index in [0.29, 0.717) is 6.54 Å². The van der Waals surface area contributed by atoms with Crippen molar-refractivity contribution in [2.45, 2.75) is 19.4 Å². The lowest BCUT2D eigenvalue weighted by Gasteiger charge is -2.27. The lowest BCUT2D eigenvalue weighted by molar-refractivity contribution is 0.253. The predicted molar refractivity (Wildman–Crippen MR) is 85.7 cm³/mol. The Morgan fingerprint density at radius 3 is 2.52 bits per heavy atom. The Morgan fingerprint density at radius 2 is 1.90 bits per heavy atom. The van der Waals surface area contributed by atoms with Gasteiger partial charge in [0.2, 0.25) is 10.0 Å². The number of piperazine rings is 1. The van der Waals surface area contributed by atoms with Crippen molar-refractivity contribution < 1.29 is 8.42 Å². The van der Waals surface area contributed by atoms with Crippen molar-refractivity contribution in [2.24, 2.45) is 0 Å². The fourth-order valence-corrected chi connectivity index (χ4v) is 3.88. The number of nitrogens with one attached hydrogen (secondary N) is 2. The van der Waals surface area contributed by atoms with Gasteiger partial charge in [-0.3, -0.25) is 4.90 Å². The molecular weight excluding hydrogens is 286 g/mol. The van der Waals surface area contributed by atoms with Crippen LogP contribution in [0.5, 0.6) is 0 Å². The van der Waals surface area contributed by atoms with Crippen LogP contribution in [-0.2, 0) is 10.0 Å². The van der Waals surface area contributed by atoms with Crippen molar-refractivity contribution in [1.29, 1.82) is 0 Å². The molecule has 1 heterocycles. The minimum Gasteiger partial charge on any atom is -0.314 e. The quantitative estimate of drug-likeness (QED) is 0.787. The highest BCUT2D eigenvalue weighted by atomic mass is 32.2. The van der Waals surface area contributed by atoms with Crippen LogP contribution in [-0.4, -0.2) is 51.8 Å². The maximum atomic E-state index is 12.3. The first-order valence-electron chi connectivity index (χ1n) is 7.59. The summed E-state index contributed by atoms with van der Waals surface area (Å²) in [5.41, 5.74) is 1.02. The largest absolute Gasteiger partial charge is 0.314 e. The molecule has 2 N–H and O–H groups in total. The molecule has 0 aromatic heterocycles. The van der Waals surface area contributed by atoms with E-state index in [0.717, 1.165) is 38.2 Å². The number of hydrogen-bond donors (Lipinski definition) is 2. The number of benzene rings is 1. The van der Waals surface area contributed by atoms with Gasteiger partial charge >= 0.3 is 0 Å². The van der Waals surface area contributed by atoms with E-state index in [9.17, 15) is 8.42 Å². The Balaban J connectivity index is 1.89. The highest BCUT2D eigenvalue weighted by Gasteiger charge is 2.19. The van der Waals surface area contributed by atoms with Crippen LogP contribution in [0.25, 0.3) is 0 Å². The molecule has 0 radical (unpaired) electrons. The maximum absolute atomic E-state index is 12.3. The van der Waals surface area contributed by atoms with E-state index in [1.165, 1.54) is 0 Å². The van der Waals surface area contributed by atoms with Crippen LogP contribution in [0.3, 0.4) is 0 Å². The summed E-state index contributed by atoms with van der Waals surface area (Å²) in [7, 11) is -3.25. The van der Waals surface area contributed by atoms with E-state index < -0.39 is 10.0 Å². The zero-order chi connectivity index (χ0) is 15.1. The summed E-state index contributed by atoms with van der Waals surface area (Å²) in [4.78, 5) is 2.19. The van der Waals surface area contributed by atoms with E-state index in [2.05, 4.69) is 14.9 Å². The smallest absolute Gasteiger partial charge is 0.213 e. The van der Waals surface area contributed by atoms with Crippen molar-refractivity contribution in [1.82, 2.24) is 14.9 Å². The van der Waals surface area contributed by atoms with Crippen LogP contribution in [0.15, 0.2) is 30.3 Å². The topological polar surface area (TPSA) is 61.4 Å². The van der Waals surface area contributed by atoms with E-state index in [4.69, 9.17) is 0 Å². The van der Waals surface area contributed by atoms with Gasteiger partial charge in [-0.05, 0) is 12.0 Å². The van der Waals surface area contributed by atoms with Crippen molar-refractivity contribution in [3.05, 3.63) is 35.9 Å². The van der Waals surface area contributed by atoms with E-state index in [1.807, 2.05) is 37.3 Å². The van der Waals surface area contributed by atoms with Gasteiger partial charge in [0.05, 0.1) is 5.75 Å². The molecule has 1 fully saturated rings. The third kappa shape index (κ3) is 5.39. The third-order valence-electron chi connectivity index (χ3n) is 3.82. The molecule has 1 saturated heterocycles. The lowest BCUT2D eigenvalue weighted by atomic mass is 10.1. The van der Waals surface area contributed by atoms with Gasteiger partial charge in [-0.2, -0.15) is 0 Å². The molecule has 0 saturated carbocycles. The Bertz CT molecular complexity index is 513. The molecule has 1 atom stereocenters. The van der Waals surface area contributed by atoms with Crippen molar-refractivity contribution in [3.63, 3.8) is 0 Å². The normalized spacial score (nSPS) is 18.5. The molecule has 0 bridgehead atoms. The summed E-state index contributed by atoms with van der Waals surface area (Å²) in [5.74, 6) is 0.163. The van der Waals surface area contributed by atoms with Crippen LogP contribution in [0.2, 0.25) is 0 Å². The van der Waals surface area contributed by atoms with Gasteiger partial charge in [-0.25, -0.2) is 13.1 Å². The van der Waals surface area contributed by atoms with Crippen molar-refractivity contribution in [3.8, 4) is 0 Å². The molecule has 1 aliphatic heterocycles. The average molecular weight is 311 g/mol. The molecule has 1 aliphatic rings. The third-order valence-corrected chi connectivity index (χ3v) is 5.18. The minimum absolute atomic E-state index is 0.140. The summed E-state index contributed by atoms with van der Waals surface area (Å²) < 4.78 is 27.4. The SMILES string of the molecule is CCC(NS(=O)(=O)CCN1CCNCC1)c1ccccc1. The van der Waals surface area contributed by atoms with E-state index in [1.54, 1.807) is 0 Å². The van der Waals surface area contributed by atoms with Crippen LogP contribution in [0.4, 0.5) is 0 Å². The molecule has 1 unspecified atom stereocenters. The Kier molecular flexibility index (Phi) is 6.17. The minimum atomic E-state index is -3.25. The van der Waals surface area contributed by atoms with Gasteiger partial charge in [0.25, 0.3) is 0 Å². The highest BCUT2D eigenvalue weighted by Crippen LogP contribution is 2.17. The van der Waals surface area contributed by atoms with Gasteiger partial charge in [-0.15, -0.1) is 0 Å². The molecule has 21 heavy (non-hydrogen) atoms. The molecular formula is C15H25N3O2S. The van der Waals surface area contributed by atoms with Gasteiger partial charge in [0, 0.05) is 38.8 Å². The monoisotopic (exact) mass is 311 g/mol. The summed E-state index contributed by atoms with van der Waals surface area (Å²) in [5, 5.41) is 3.27. The molecule has 6 heteroatoms. The fraction of sp³-hybridized carbons (Fsp3) is 0.600. The number of sulfonamides is 1. The Hall–Kier alpha value is -0.950. The molecule has 0 spiro atoms. The summed E-state index contributed by atoms with van der Waals surface area (Å²) in [6, 6.07) is 9.61. The average Bonchev–Trinajstić information content (AvgIpc) is 2.53. The summed E-state index contributed by atoms with van der Waals surface area (Å²) >= 11 is 0. The second-order valence-electron chi connectivity index (χ2n) is 5.40. The number of rotatable bonds is 7. The zero-order valence-corrected chi connectivity index (χ0v) is 13.4. The number of nitrogens with zero attached hydrogens (tertiary/aromatic N) is 1. The van der Waals surface area contributed by atoms with Crippen molar-refractivity contribution >= 4 is 10.0 Å². The zero-order valence-electron chi connectivity index (χ0n) is 12.6. The maximum Gasteiger partial charge on any atom is 0.213 e. The van der Waals surface area contributed by atoms with E-state index >= 15 is 0 Å². The van der Waals surface area contributed by atoms with Crippen LogP contribution < -0.4 is 10.0 Å². The van der Waals surface area contributed by atoms with E-state index in [-0.39, 0.29) is 11.8 Å². The molecule has 2 rings (SSSR count). The molecule has 1 aromatic carbocycles. The highest BCUT2D eigenvalue weighted by molar-refractivity contribution is 7.89. The van der Waals surface area contributed by atoms with Gasteiger partial charge in [0.15, 0.2) is 0 Å². The van der Waals surface area contributed by atoms with Gasteiger partial charge in [0.1, 0.15) is 0 Å². The first-order chi connectivity index (χ1) is 10.1. The summed E-state index contributed by atoms with van der Waals surface area (Å²) in [6.07, 6.45) is 0.747. The van der Waals surface area contributed by atoms with Crippen LogP contribution in [0, 0.1) is 0 Å². The van der Waals surface area contributed by atoms with Crippen LogP contribution in [0.1, 0.15) is 24.9 Å².